The molecule has 1 rings (SSSR count). The molecule has 0 aromatic rings. The molecule has 1 saturated heterocycles. The Labute approximate surface area is 61.0 Å². The third kappa shape index (κ3) is 1.48. The van der Waals surface area contributed by atoms with Crippen molar-refractivity contribution in [1.82, 2.24) is 4.90 Å². The van der Waals surface area contributed by atoms with Crippen molar-refractivity contribution in [3.63, 3.8) is 0 Å². The van der Waals surface area contributed by atoms with Crippen molar-refractivity contribution in [1.29, 1.82) is 0 Å². The standard InChI is InChI=1S/C7H13NO2/c1-6(2)10-7-3-4-8(7)5-9/h5-7H,3-4H2,1-2H3. The molecule has 10 heavy (non-hydrogen) atoms. The van der Waals surface area contributed by atoms with Gasteiger partial charge in [-0.1, -0.05) is 0 Å². The van der Waals surface area contributed by atoms with Gasteiger partial charge in [0.2, 0.25) is 6.41 Å². The van der Waals surface area contributed by atoms with E-state index in [1.807, 2.05) is 13.8 Å². The molecule has 3 nitrogen and oxygen atoms in total. The van der Waals surface area contributed by atoms with Crippen molar-refractivity contribution in [2.45, 2.75) is 32.6 Å². The van der Waals surface area contributed by atoms with E-state index in [0.717, 1.165) is 19.4 Å². The minimum Gasteiger partial charge on any atom is -0.356 e. The van der Waals surface area contributed by atoms with Crippen LogP contribution in [-0.4, -0.2) is 30.2 Å². The fourth-order valence-corrected chi connectivity index (χ4v) is 0.965. The average molecular weight is 143 g/mol. The molecule has 1 fully saturated rings. The lowest BCUT2D eigenvalue weighted by molar-refractivity contribution is -0.160. The van der Waals surface area contributed by atoms with Crippen molar-refractivity contribution in [3.05, 3.63) is 0 Å². The lowest BCUT2D eigenvalue weighted by Gasteiger charge is -2.38. The quantitative estimate of drug-likeness (QED) is 0.541. The van der Waals surface area contributed by atoms with E-state index in [1.165, 1.54) is 0 Å². The number of hydrogen-bond donors (Lipinski definition) is 0. The summed E-state index contributed by atoms with van der Waals surface area (Å²) in [6.45, 7) is 4.80. The van der Waals surface area contributed by atoms with Gasteiger partial charge in [0.05, 0.1) is 6.10 Å². The van der Waals surface area contributed by atoms with Gasteiger partial charge < -0.3 is 9.64 Å². The van der Waals surface area contributed by atoms with E-state index < -0.39 is 0 Å². The van der Waals surface area contributed by atoms with E-state index in [4.69, 9.17) is 4.74 Å². The SMILES string of the molecule is CC(C)OC1CCN1C=O. The molecule has 58 valence electrons. The van der Waals surface area contributed by atoms with Crippen molar-refractivity contribution in [3.8, 4) is 0 Å². The molecular weight excluding hydrogens is 130 g/mol. The second kappa shape index (κ2) is 3.01. The first-order valence-corrected chi connectivity index (χ1v) is 3.60. The van der Waals surface area contributed by atoms with Crippen LogP contribution in [0.1, 0.15) is 20.3 Å². The molecule has 0 spiro atoms. The Morgan fingerprint density at radius 2 is 2.40 bits per heavy atom. The van der Waals surface area contributed by atoms with Crippen LogP contribution in [0.4, 0.5) is 0 Å². The maximum atomic E-state index is 10.2. The number of carbonyl (C=O) groups excluding carboxylic acids is 1. The summed E-state index contributed by atoms with van der Waals surface area (Å²) in [7, 11) is 0. The van der Waals surface area contributed by atoms with Gasteiger partial charge in [0, 0.05) is 13.0 Å². The monoisotopic (exact) mass is 143 g/mol. The molecule has 0 aromatic carbocycles. The Morgan fingerprint density at radius 3 is 2.70 bits per heavy atom. The summed E-state index contributed by atoms with van der Waals surface area (Å²) in [6, 6.07) is 0. The molecule has 3 heteroatoms. The van der Waals surface area contributed by atoms with Crippen molar-refractivity contribution >= 4 is 6.41 Å². The molecule has 0 bridgehead atoms. The molecule has 0 radical (unpaired) electrons. The number of likely N-dealkylation sites (tertiary alicyclic amines) is 1. The Bertz CT molecular complexity index is 125. The summed E-state index contributed by atoms with van der Waals surface area (Å²) in [5.41, 5.74) is 0. The van der Waals surface area contributed by atoms with Gasteiger partial charge in [0.1, 0.15) is 6.23 Å². The van der Waals surface area contributed by atoms with E-state index in [2.05, 4.69) is 0 Å². The highest BCUT2D eigenvalue weighted by Gasteiger charge is 2.27. The average Bonchev–Trinajstić information content (AvgIpc) is 1.82. The third-order valence-corrected chi connectivity index (χ3v) is 1.57. The lowest BCUT2D eigenvalue weighted by Crippen LogP contribution is -2.49. The molecule has 0 saturated carbocycles. The van der Waals surface area contributed by atoms with E-state index in [0.29, 0.717) is 0 Å². The summed E-state index contributed by atoms with van der Waals surface area (Å²) in [6.07, 6.45) is 2.10. The highest BCUT2D eigenvalue weighted by Crippen LogP contribution is 2.17. The largest absolute Gasteiger partial charge is 0.356 e. The minimum absolute atomic E-state index is 0.0532. The van der Waals surface area contributed by atoms with Crippen LogP contribution in [0.25, 0.3) is 0 Å². The van der Waals surface area contributed by atoms with E-state index in [1.54, 1.807) is 4.90 Å². The van der Waals surface area contributed by atoms with Gasteiger partial charge in [-0.3, -0.25) is 4.79 Å². The highest BCUT2D eigenvalue weighted by atomic mass is 16.5. The van der Waals surface area contributed by atoms with Crippen LogP contribution in [0, 0.1) is 0 Å². The van der Waals surface area contributed by atoms with Crippen molar-refractivity contribution < 1.29 is 9.53 Å². The van der Waals surface area contributed by atoms with E-state index in [-0.39, 0.29) is 12.3 Å². The highest BCUT2D eigenvalue weighted by molar-refractivity contribution is 5.48. The van der Waals surface area contributed by atoms with Crippen molar-refractivity contribution in [2.75, 3.05) is 6.54 Å². The van der Waals surface area contributed by atoms with Crippen LogP contribution in [-0.2, 0) is 9.53 Å². The molecule has 0 aromatic heterocycles. The molecule has 0 N–H and O–H groups in total. The first-order valence-electron chi connectivity index (χ1n) is 3.60. The molecule has 1 aliphatic rings. The number of hydrogen-bond acceptors (Lipinski definition) is 2. The summed E-state index contributed by atoms with van der Waals surface area (Å²) in [4.78, 5) is 11.9. The van der Waals surface area contributed by atoms with Crippen molar-refractivity contribution in [2.24, 2.45) is 0 Å². The summed E-state index contributed by atoms with van der Waals surface area (Å²) in [5, 5.41) is 0. The van der Waals surface area contributed by atoms with Gasteiger partial charge in [-0.15, -0.1) is 0 Å². The fourth-order valence-electron chi connectivity index (χ4n) is 0.965. The zero-order valence-corrected chi connectivity index (χ0v) is 6.41. The number of carbonyl (C=O) groups is 1. The van der Waals surface area contributed by atoms with Crippen LogP contribution >= 0.6 is 0 Å². The Balaban J connectivity index is 2.22. The summed E-state index contributed by atoms with van der Waals surface area (Å²) in [5.74, 6) is 0. The van der Waals surface area contributed by atoms with E-state index >= 15 is 0 Å². The van der Waals surface area contributed by atoms with Gasteiger partial charge in [-0.05, 0) is 13.8 Å². The number of nitrogens with zero attached hydrogens (tertiary/aromatic N) is 1. The summed E-state index contributed by atoms with van der Waals surface area (Å²) < 4.78 is 5.38. The zero-order valence-electron chi connectivity index (χ0n) is 6.41. The maximum absolute atomic E-state index is 10.2. The topological polar surface area (TPSA) is 29.5 Å². The minimum atomic E-state index is 0.0532. The van der Waals surface area contributed by atoms with Crippen LogP contribution in [0.5, 0.6) is 0 Å². The molecule has 1 aliphatic heterocycles. The van der Waals surface area contributed by atoms with Gasteiger partial charge in [0.25, 0.3) is 0 Å². The molecular formula is C7H13NO2. The predicted octanol–water partition coefficient (Wildman–Crippen LogP) is 0.600. The Hall–Kier alpha value is -0.570. The zero-order chi connectivity index (χ0) is 7.56. The number of ether oxygens (including phenoxy) is 1. The molecule has 1 atom stereocenters. The second-order valence-corrected chi connectivity index (χ2v) is 2.77. The van der Waals surface area contributed by atoms with Gasteiger partial charge in [0.15, 0.2) is 0 Å². The Morgan fingerprint density at radius 1 is 1.70 bits per heavy atom. The fraction of sp³-hybridized carbons (Fsp3) is 0.857. The first kappa shape index (κ1) is 7.54. The molecule has 1 unspecified atom stereocenters. The van der Waals surface area contributed by atoms with Gasteiger partial charge in [-0.25, -0.2) is 0 Å². The van der Waals surface area contributed by atoms with Gasteiger partial charge in [-0.2, -0.15) is 0 Å². The van der Waals surface area contributed by atoms with Crippen LogP contribution in [0.15, 0.2) is 0 Å². The predicted molar refractivity (Wildman–Crippen MR) is 37.4 cm³/mol. The Kier molecular flexibility index (Phi) is 2.27. The molecule has 0 aliphatic carbocycles. The van der Waals surface area contributed by atoms with E-state index in [9.17, 15) is 4.79 Å². The van der Waals surface area contributed by atoms with Crippen LogP contribution in [0.3, 0.4) is 0 Å². The smallest absolute Gasteiger partial charge is 0.211 e. The second-order valence-electron chi connectivity index (χ2n) is 2.77. The third-order valence-electron chi connectivity index (χ3n) is 1.57. The summed E-state index contributed by atoms with van der Waals surface area (Å²) >= 11 is 0. The molecule has 1 heterocycles. The first-order chi connectivity index (χ1) is 4.74. The van der Waals surface area contributed by atoms with Crippen LogP contribution in [0.2, 0.25) is 0 Å². The lowest BCUT2D eigenvalue weighted by atomic mass is 10.2. The molecule has 1 amide bonds. The maximum Gasteiger partial charge on any atom is 0.211 e. The number of rotatable bonds is 3. The van der Waals surface area contributed by atoms with Gasteiger partial charge >= 0.3 is 0 Å². The normalized spacial score (nSPS) is 24.7. The van der Waals surface area contributed by atoms with Crippen LogP contribution < -0.4 is 0 Å². The number of amides is 1.